The summed E-state index contributed by atoms with van der Waals surface area (Å²) in [4.78, 5) is 52.8. The topological polar surface area (TPSA) is 166 Å². The maximum atomic E-state index is 12.9. The fraction of sp³-hybridized carbons (Fsp3) is 0.333. The van der Waals surface area contributed by atoms with Gasteiger partial charge in [-0.05, 0) is 29.5 Å². The van der Waals surface area contributed by atoms with E-state index in [2.05, 4.69) is 20.9 Å². The molecule has 0 aliphatic rings. The quantitative estimate of drug-likeness (QED) is 0.215. The number of nitrogens with one attached hydrogen (secondary N) is 4. The highest BCUT2D eigenvalue weighted by molar-refractivity contribution is 5.93. The lowest BCUT2D eigenvalue weighted by molar-refractivity contribution is -0.143. The minimum atomic E-state index is -1.16. The molecule has 0 radical (unpaired) electrons. The maximum Gasteiger partial charge on any atom is 0.326 e. The highest BCUT2D eigenvalue weighted by Crippen LogP contribution is 2.18. The number of amides is 3. The number of aliphatic carboxylic acids is 1. The first-order chi connectivity index (χ1) is 17.7. The molecule has 0 spiro atoms. The van der Waals surface area contributed by atoms with Gasteiger partial charge < -0.3 is 31.8 Å². The van der Waals surface area contributed by atoms with Crippen LogP contribution in [0.4, 0.5) is 0 Å². The summed E-state index contributed by atoms with van der Waals surface area (Å²) in [7, 11) is 0. The van der Waals surface area contributed by atoms with Gasteiger partial charge in [-0.25, -0.2) is 4.79 Å². The molecule has 3 aromatic rings. The number of carboxylic acids is 1. The summed E-state index contributed by atoms with van der Waals surface area (Å²) < 4.78 is 0. The predicted molar refractivity (Wildman–Crippen MR) is 139 cm³/mol. The molecule has 0 aliphatic carbocycles. The molecule has 196 valence electrons. The van der Waals surface area contributed by atoms with Crippen LogP contribution in [-0.2, 0) is 32.0 Å². The van der Waals surface area contributed by atoms with Gasteiger partial charge in [-0.3, -0.25) is 14.4 Å². The molecule has 0 saturated carbocycles. The van der Waals surface area contributed by atoms with Crippen LogP contribution in [0.3, 0.4) is 0 Å². The highest BCUT2D eigenvalue weighted by Gasteiger charge is 2.29. The van der Waals surface area contributed by atoms with E-state index < -0.39 is 41.8 Å². The number of fused-ring (bicyclic) bond motifs is 1. The third-order valence-electron chi connectivity index (χ3n) is 6.04. The van der Waals surface area contributed by atoms with E-state index in [-0.39, 0.29) is 25.3 Å². The average Bonchev–Trinajstić information content (AvgIpc) is 3.28. The number of carbonyl (C=O) groups is 4. The van der Waals surface area contributed by atoms with Crippen LogP contribution in [0, 0.1) is 5.92 Å². The van der Waals surface area contributed by atoms with Crippen LogP contribution >= 0.6 is 0 Å². The number of hydrogen-bond acceptors (Lipinski definition) is 5. The van der Waals surface area contributed by atoms with E-state index in [4.69, 9.17) is 5.73 Å². The zero-order chi connectivity index (χ0) is 26.9. The van der Waals surface area contributed by atoms with Crippen LogP contribution in [0.25, 0.3) is 10.9 Å². The number of benzene rings is 2. The molecule has 0 saturated heterocycles. The second-order valence-electron chi connectivity index (χ2n) is 9.27. The summed E-state index contributed by atoms with van der Waals surface area (Å²) in [6.45, 7) is 2.98. The molecule has 3 amide bonds. The second kappa shape index (κ2) is 12.7. The zero-order valence-electron chi connectivity index (χ0n) is 20.9. The largest absolute Gasteiger partial charge is 0.480 e. The van der Waals surface area contributed by atoms with Crippen molar-refractivity contribution in [2.75, 3.05) is 6.54 Å². The van der Waals surface area contributed by atoms with E-state index in [0.29, 0.717) is 0 Å². The smallest absolute Gasteiger partial charge is 0.326 e. The Morgan fingerprint density at radius 3 is 2.27 bits per heavy atom. The van der Waals surface area contributed by atoms with Gasteiger partial charge in [0, 0.05) is 23.5 Å². The van der Waals surface area contributed by atoms with Crippen molar-refractivity contribution >= 4 is 34.6 Å². The maximum absolute atomic E-state index is 12.9. The van der Waals surface area contributed by atoms with Crippen LogP contribution in [0.15, 0.2) is 60.8 Å². The third kappa shape index (κ3) is 7.65. The monoisotopic (exact) mass is 507 g/mol. The first kappa shape index (κ1) is 27.4. The van der Waals surface area contributed by atoms with E-state index in [1.165, 1.54) is 0 Å². The van der Waals surface area contributed by atoms with Gasteiger partial charge in [0.15, 0.2) is 0 Å². The molecule has 7 N–H and O–H groups in total. The first-order valence-electron chi connectivity index (χ1n) is 12.1. The van der Waals surface area contributed by atoms with E-state index in [1.807, 2.05) is 30.3 Å². The van der Waals surface area contributed by atoms with Crippen LogP contribution in [0.5, 0.6) is 0 Å². The Kier molecular flexibility index (Phi) is 9.39. The van der Waals surface area contributed by atoms with E-state index >= 15 is 0 Å². The van der Waals surface area contributed by atoms with Gasteiger partial charge in [-0.15, -0.1) is 0 Å². The SMILES string of the molecule is CC(C)C(NC(=O)C(Cc1ccccc1)NC(=O)CNC(=O)C(N)Cc1c[nH]c2ccccc12)C(=O)O. The van der Waals surface area contributed by atoms with Gasteiger partial charge in [0.2, 0.25) is 17.7 Å². The van der Waals surface area contributed by atoms with E-state index in [1.54, 1.807) is 44.3 Å². The van der Waals surface area contributed by atoms with Crippen LogP contribution in [0.2, 0.25) is 0 Å². The number of para-hydroxylation sites is 1. The molecule has 3 atom stereocenters. The minimum absolute atomic E-state index is 0.150. The minimum Gasteiger partial charge on any atom is -0.480 e. The Labute approximate surface area is 215 Å². The van der Waals surface area contributed by atoms with Gasteiger partial charge in [0.05, 0.1) is 12.6 Å². The lowest BCUT2D eigenvalue weighted by Gasteiger charge is -2.23. The number of carbonyl (C=O) groups excluding carboxylic acids is 3. The van der Waals surface area contributed by atoms with Gasteiger partial charge >= 0.3 is 5.97 Å². The molecule has 10 heteroatoms. The molecular weight excluding hydrogens is 474 g/mol. The Bertz CT molecular complexity index is 1240. The summed E-state index contributed by atoms with van der Waals surface area (Å²) in [6.07, 6.45) is 2.23. The average molecular weight is 508 g/mol. The van der Waals surface area contributed by atoms with Crippen molar-refractivity contribution in [1.29, 1.82) is 0 Å². The Balaban J connectivity index is 1.60. The molecule has 1 aromatic heterocycles. The molecule has 10 nitrogen and oxygen atoms in total. The van der Waals surface area contributed by atoms with Crippen molar-refractivity contribution < 1.29 is 24.3 Å². The molecule has 3 rings (SSSR count). The van der Waals surface area contributed by atoms with E-state index in [9.17, 15) is 24.3 Å². The molecule has 3 unspecified atom stereocenters. The van der Waals surface area contributed by atoms with Crippen molar-refractivity contribution in [3.63, 3.8) is 0 Å². The van der Waals surface area contributed by atoms with Gasteiger partial charge in [-0.1, -0.05) is 62.4 Å². The summed E-state index contributed by atoms with van der Waals surface area (Å²) in [6, 6.07) is 13.7. The Hall–Kier alpha value is -4.18. The molecule has 1 heterocycles. The molecule has 0 bridgehead atoms. The van der Waals surface area contributed by atoms with Crippen LogP contribution in [0.1, 0.15) is 25.0 Å². The highest BCUT2D eigenvalue weighted by atomic mass is 16.4. The summed E-state index contributed by atoms with van der Waals surface area (Å²) in [5, 5.41) is 18.0. The summed E-state index contributed by atoms with van der Waals surface area (Å²) in [5.74, 6) is -3.24. The van der Waals surface area contributed by atoms with Crippen LogP contribution in [-0.4, -0.2) is 58.5 Å². The summed E-state index contributed by atoms with van der Waals surface area (Å²) in [5.41, 5.74) is 8.68. The third-order valence-corrected chi connectivity index (χ3v) is 6.04. The Morgan fingerprint density at radius 1 is 0.919 bits per heavy atom. The number of H-pyrrole nitrogens is 1. The predicted octanol–water partition coefficient (Wildman–Crippen LogP) is 1.11. The van der Waals surface area contributed by atoms with Gasteiger partial charge in [-0.2, -0.15) is 0 Å². The lowest BCUT2D eigenvalue weighted by atomic mass is 10.0. The molecular formula is C27H33N5O5. The molecule has 0 aliphatic heterocycles. The fourth-order valence-electron chi connectivity index (χ4n) is 4.00. The zero-order valence-corrected chi connectivity index (χ0v) is 20.9. The summed E-state index contributed by atoms with van der Waals surface area (Å²) >= 11 is 0. The van der Waals surface area contributed by atoms with Crippen molar-refractivity contribution in [2.45, 2.75) is 44.8 Å². The number of nitrogens with two attached hydrogens (primary N) is 1. The number of aromatic nitrogens is 1. The number of rotatable bonds is 12. The van der Waals surface area contributed by atoms with Gasteiger partial charge in [0.1, 0.15) is 12.1 Å². The van der Waals surface area contributed by atoms with Crippen molar-refractivity contribution in [2.24, 2.45) is 11.7 Å². The van der Waals surface area contributed by atoms with Crippen molar-refractivity contribution in [1.82, 2.24) is 20.9 Å². The normalized spacial score (nSPS) is 13.5. The molecule has 37 heavy (non-hydrogen) atoms. The second-order valence-corrected chi connectivity index (χ2v) is 9.27. The van der Waals surface area contributed by atoms with Crippen molar-refractivity contribution in [3.05, 3.63) is 71.9 Å². The molecule has 0 fully saturated rings. The lowest BCUT2D eigenvalue weighted by Crippen LogP contribution is -2.55. The number of aromatic amines is 1. The van der Waals surface area contributed by atoms with E-state index in [0.717, 1.165) is 22.0 Å². The fourth-order valence-corrected chi connectivity index (χ4v) is 4.00. The first-order valence-corrected chi connectivity index (χ1v) is 12.1. The number of carboxylic acid groups (broad SMARTS) is 1. The standard InChI is InChI=1S/C27H33N5O5/c1-16(2)24(27(36)37)32-26(35)22(12-17-8-4-3-5-9-17)31-23(33)15-30-25(34)20(28)13-18-14-29-21-11-7-6-10-19(18)21/h3-11,14,16,20,22,24,29H,12-13,15,28H2,1-2H3,(H,30,34)(H,31,33)(H,32,35)(H,36,37). The van der Waals surface area contributed by atoms with Crippen LogP contribution < -0.4 is 21.7 Å². The number of hydrogen-bond donors (Lipinski definition) is 6. The van der Waals surface area contributed by atoms with Crippen molar-refractivity contribution in [3.8, 4) is 0 Å². The Morgan fingerprint density at radius 2 is 1.59 bits per heavy atom. The van der Waals surface area contributed by atoms with Gasteiger partial charge in [0.25, 0.3) is 0 Å². The molecule has 2 aromatic carbocycles.